The molecule has 1 heterocycles. The van der Waals surface area contributed by atoms with Crippen molar-refractivity contribution in [3.05, 3.63) is 29.8 Å². The van der Waals surface area contributed by atoms with Gasteiger partial charge in [0.25, 0.3) is 0 Å². The fourth-order valence-electron chi connectivity index (χ4n) is 2.90. The molecular formula is C19H27N3O3. The zero-order valence-electron chi connectivity index (χ0n) is 15.2. The topological polar surface area (TPSA) is 78.5 Å². The van der Waals surface area contributed by atoms with Crippen molar-refractivity contribution in [2.45, 2.75) is 46.1 Å². The summed E-state index contributed by atoms with van der Waals surface area (Å²) in [5, 5.41) is 5.72. The van der Waals surface area contributed by atoms with E-state index in [0.717, 1.165) is 12.8 Å². The van der Waals surface area contributed by atoms with Gasteiger partial charge in [-0.25, -0.2) is 4.79 Å². The average Bonchev–Trinajstić information content (AvgIpc) is 3.04. The van der Waals surface area contributed by atoms with E-state index in [9.17, 15) is 14.4 Å². The number of Topliss-reactive ketones (excluding diaryl/α,β-unsaturated/α-hetero) is 1. The zero-order chi connectivity index (χ0) is 18.4. The third-order valence-electron chi connectivity index (χ3n) is 4.36. The number of urea groups is 1. The summed E-state index contributed by atoms with van der Waals surface area (Å²) >= 11 is 0. The molecule has 136 valence electrons. The summed E-state index contributed by atoms with van der Waals surface area (Å²) in [6.45, 7) is 6.88. The minimum atomic E-state index is -0.428. The lowest BCUT2D eigenvalue weighted by Crippen LogP contribution is -2.47. The molecule has 1 aromatic rings. The van der Waals surface area contributed by atoms with E-state index in [2.05, 4.69) is 24.5 Å². The van der Waals surface area contributed by atoms with E-state index in [1.807, 2.05) is 0 Å². The van der Waals surface area contributed by atoms with E-state index in [1.54, 1.807) is 29.2 Å². The smallest absolute Gasteiger partial charge is 0.322 e. The predicted molar refractivity (Wildman–Crippen MR) is 97.7 cm³/mol. The predicted octanol–water partition coefficient (Wildman–Crippen LogP) is 3.05. The second kappa shape index (κ2) is 8.65. The van der Waals surface area contributed by atoms with Crippen molar-refractivity contribution in [3.63, 3.8) is 0 Å². The van der Waals surface area contributed by atoms with Crippen molar-refractivity contribution >= 4 is 23.4 Å². The number of ketones is 1. The van der Waals surface area contributed by atoms with Gasteiger partial charge in [0.2, 0.25) is 5.91 Å². The zero-order valence-corrected chi connectivity index (χ0v) is 15.2. The summed E-state index contributed by atoms with van der Waals surface area (Å²) in [6.07, 6.45) is 2.40. The largest absolute Gasteiger partial charge is 0.354 e. The molecule has 2 rings (SSSR count). The van der Waals surface area contributed by atoms with E-state index in [4.69, 9.17) is 0 Å². The number of carbonyl (C=O) groups excluding carboxylic acids is 3. The van der Waals surface area contributed by atoms with E-state index in [1.165, 1.54) is 6.92 Å². The Hall–Kier alpha value is -2.37. The van der Waals surface area contributed by atoms with Crippen LogP contribution in [0.15, 0.2) is 24.3 Å². The van der Waals surface area contributed by atoms with Crippen LogP contribution in [0.2, 0.25) is 0 Å². The highest BCUT2D eigenvalue weighted by Gasteiger charge is 2.34. The maximum absolute atomic E-state index is 12.5. The fourth-order valence-corrected chi connectivity index (χ4v) is 2.90. The SMILES string of the molecule is CC(=O)c1cccc(NC(=O)N2CCC[C@H]2C(=O)NCCC(C)C)c1. The first kappa shape index (κ1) is 19.0. The maximum atomic E-state index is 12.5. The van der Waals surface area contributed by atoms with Crippen LogP contribution in [0.3, 0.4) is 0 Å². The molecule has 0 radical (unpaired) electrons. The van der Waals surface area contributed by atoms with Gasteiger partial charge in [-0.15, -0.1) is 0 Å². The molecule has 1 aromatic carbocycles. The van der Waals surface area contributed by atoms with Crippen LogP contribution in [0, 0.1) is 5.92 Å². The van der Waals surface area contributed by atoms with Gasteiger partial charge in [-0.05, 0) is 44.2 Å². The quantitative estimate of drug-likeness (QED) is 0.778. The molecule has 0 saturated carbocycles. The van der Waals surface area contributed by atoms with Gasteiger partial charge in [0.05, 0.1) is 0 Å². The number of anilines is 1. The minimum Gasteiger partial charge on any atom is -0.354 e. The van der Waals surface area contributed by atoms with Gasteiger partial charge in [0, 0.05) is 24.3 Å². The molecule has 0 bridgehead atoms. The Morgan fingerprint density at radius 1 is 1.28 bits per heavy atom. The minimum absolute atomic E-state index is 0.0559. The number of nitrogens with one attached hydrogen (secondary N) is 2. The second-order valence-electron chi connectivity index (χ2n) is 6.89. The summed E-state index contributed by atoms with van der Waals surface area (Å²) in [6, 6.07) is 6.09. The Labute approximate surface area is 149 Å². The summed E-state index contributed by atoms with van der Waals surface area (Å²) in [5.74, 6) is 0.377. The molecule has 3 amide bonds. The molecule has 0 unspecified atom stereocenters. The summed E-state index contributed by atoms with van der Waals surface area (Å²) in [7, 11) is 0. The Morgan fingerprint density at radius 3 is 2.72 bits per heavy atom. The Morgan fingerprint density at radius 2 is 2.04 bits per heavy atom. The molecule has 6 nitrogen and oxygen atoms in total. The molecular weight excluding hydrogens is 318 g/mol. The van der Waals surface area contributed by atoms with Crippen molar-refractivity contribution in [1.82, 2.24) is 10.2 Å². The number of carbonyl (C=O) groups is 3. The van der Waals surface area contributed by atoms with Crippen LogP contribution in [0.5, 0.6) is 0 Å². The molecule has 0 spiro atoms. The Bertz CT molecular complexity index is 643. The van der Waals surface area contributed by atoms with Gasteiger partial charge in [0.15, 0.2) is 5.78 Å². The molecule has 0 aromatic heterocycles. The van der Waals surface area contributed by atoms with Crippen molar-refractivity contribution in [3.8, 4) is 0 Å². The molecule has 1 aliphatic rings. The second-order valence-corrected chi connectivity index (χ2v) is 6.89. The lowest BCUT2D eigenvalue weighted by molar-refractivity contribution is -0.124. The molecule has 6 heteroatoms. The van der Waals surface area contributed by atoms with E-state index in [-0.39, 0.29) is 17.7 Å². The van der Waals surface area contributed by atoms with Crippen molar-refractivity contribution in [2.24, 2.45) is 5.92 Å². The van der Waals surface area contributed by atoms with Crippen molar-refractivity contribution < 1.29 is 14.4 Å². The summed E-state index contributed by atoms with van der Waals surface area (Å²) < 4.78 is 0. The van der Waals surface area contributed by atoms with Crippen LogP contribution in [-0.2, 0) is 4.79 Å². The van der Waals surface area contributed by atoms with Crippen LogP contribution in [0.1, 0.15) is 50.4 Å². The van der Waals surface area contributed by atoms with Crippen molar-refractivity contribution in [2.75, 3.05) is 18.4 Å². The normalized spacial score (nSPS) is 16.8. The Balaban J connectivity index is 1.96. The number of hydrogen-bond acceptors (Lipinski definition) is 3. The van der Waals surface area contributed by atoms with Crippen LogP contribution in [0.25, 0.3) is 0 Å². The van der Waals surface area contributed by atoms with Crippen LogP contribution in [0.4, 0.5) is 10.5 Å². The highest BCUT2D eigenvalue weighted by molar-refractivity contribution is 5.97. The number of amides is 3. The first-order valence-corrected chi connectivity index (χ1v) is 8.85. The van der Waals surface area contributed by atoms with Gasteiger partial charge in [0.1, 0.15) is 6.04 Å². The molecule has 1 fully saturated rings. The van der Waals surface area contributed by atoms with E-state index < -0.39 is 6.04 Å². The third kappa shape index (κ3) is 5.31. The highest BCUT2D eigenvalue weighted by atomic mass is 16.2. The first-order valence-electron chi connectivity index (χ1n) is 8.85. The van der Waals surface area contributed by atoms with Gasteiger partial charge < -0.3 is 15.5 Å². The fraction of sp³-hybridized carbons (Fsp3) is 0.526. The number of rotatable bonds is 6. The van der Waals surface area contributed by atoms with Gasteiger partial charge in [-0.2, -0.15) is 0 Å². The first-order chi connectivity index (χ1) is 11.9. The van der Waals surface area contributed by atoms with Gasteiger partial charge >= 0.3 is 6.03 Å². The number of hydrogen-bond donors (Lipinski definition) is 2. The lowest BCUT2D eigenvalue weighted by Gasteiger charge is -2.24. The summed E-state index contributed by atoms with van der Waals surface area (Å²) in [5.41, 5.74) is 1.10. The molecule has 1 atom stereocenters. The van der Waals surface area contributed by atoms with Crippen LogP contribution >= 0.6 is 0 Å². The number of nitrogens with zero attached hydrogens (tertiary/aromatic N) is 1. The molecule has 1 saturated heterocycles. The summed E-state index contributed by atoms with van der Waals surface area (Å²) in [4.78, 5) is 37.9. The van der Waals surface area contributed by atoms with Crippen LogP contribution in [-0.4, -0.2) is 41.8 Å². The van der Waals surface area contributed by atoms with Gasteiger partial charge in [-0.3, -0.25) is 9.59 Å². The average molecular weight is 345 g/mol. The molecule has 2 N–H and O–H groups in total. The van der Waals surface area contributed by atoms with Crippen molar-refractivity contribution in [1.29, 1.82) is 0 Å². The number of likely N-dealkylation sites (tertiary alicyclic amines) is 1. The number of benzene rings is 1. The monoisotopic (exact) mass is 345 g/mol. The highest BCUT2D eigenvalue weighted by Crippen LogP contribution is 2.20. The Kier molecular flexibility index (Phi) is 6.56. The van der Waals surface area contributed by atoms with E-state index >= 15 is 0 Å². The van der Waals surface area contributed by atoms with E-state index in [0.29, 0.717) is 36.7 Å². The van der Waals surface area contributed by atoms with Gasteiger partial charge in [-0.1, -0.05) is 26.0 Å². The standard InChI is InChI=1S/C19H27N3O3/c1-13(2)9-10-20-18(24)17-8-5-11-22(17)19(25)21-16-7-4-6-15(12-16)14(3)23/h4,6-7,12-13,17H,5,8-11H2,1-3H3,(H,20,24)(H,21,25)/t17-/m0/s1. The molecule has 25 heavy (non-hydrogen) atoms. The van der Waals surface area contributed by atoms with Crippen LogP contribution < -0.4 is 10.6 Å². The molecule has 1 aliphatic heterocycles. The third-order valence-corrected chi connectivity index (χ3v) is 4.36. The lowest BCUT2D eigenvalue weighted by atomic mass is 10.1. The maximum Gasteiger partial charge on any atom is 0.322 e. The molecule has 0 aliphatic carbocycles.